The van der Waals surface area contributed by atoms with Gasteiger partial charge in [-0.25, -0.2) is 0 Å². The molecule has 0 atom stereocenters. The molecule has 0 amide bonds. The lowest BCUT2D eigenvalue weighted by atomic mass is 9.31. The standard InChI is InChI=1S/C98H71B2N5O/c1-97(2,3)64-54-73(61-31-13-8-14-32-61)93(74(55-64)62-33-15-9-16-34-62)105-85-58-67(102-79-43-23-19-37-68(79)69-38-20-24-44-80(69)102)50-52-75(85)99-78-59-88-92-96(106-89-53-63(60-29-11-7-12-30-60)49-51-76(89)100(92)77-42-27-41-71-70-39-21-25-45-81(70)103(88)94(71)77)95(78)104(86-56-65(98(4,5)6)57-87(105)91(86)99)84-48-28-47-83-90(84)72-40-22-26-46-82(72)101(83)66-35-17-10-18-36-66/h7-59H,1-6H3/i19D,20D,21D,23D,24D,25D,27D,37D,38D,39D,41D,42D,43D,44D,45D,50D,52D,58D. The van der Waals surface area contributed by atoms with Crippen molar-refractivity contribution in [2.75, 3.05) is 9.80 Å². The fourth-order valence-corrected chi connectivity index (χ4v) is 17.4. The van der Waals surface area contributed by atoms with E-state index in [2.05, 4.69) is 112 Å². The Bertz CT molecular complexity index is 7780. The lowest BCUT2D eigenvalue weighted by Gasteiger charge is -2.47. The Kier molecular flexibility index (Phi) is 9.57. The Hall–Kier alpha value is -12.8. The monoisotopic (exact) mass is 1370 g/mol. The van der Waals surface area contributed by atoms with Gasteiger partial charge < -0.3 is 28.2 Å². The van der Waals surface area contributed by atoms with Crippen LogP contribution in [0.25, 0.3) is 116 Å². The number of hydrogen-bond acceptors (Lipinski definition) is 3. The molecule has 18 aromatic rings. The van der Waals surface area contributed by atoms with E-state index in [9.17, 15) is 24.7 Å². The SMILES string of the molecule is [2H]c1c([2H])c(-n2c3c([2H])c([2H])c([2H])c([2H])c3c3c([2H])c([2H])c([2H])c([2H])c32)c([2H])c2c1B1c3cc4c5c(c3N(c3cccc6c3c3ccccc3n6-c3ccccc3)c3cc(C(C)(C)C)cc(c31)N2c1c(-c2ccccc2)cc(C(C)(C)C)cc1-c1ccccc1)Oc1cc(-c2ccccc2)ccc1B5c1c([2H])c([2H])c([2H])c2c3c([2H])c([2H])c([2H])c([2H])c3n-4c12. The average Bonchev–Trinajstić information content (AvgIpc) is 1.36. The van der Waals surface area contributed by atoms with Crippen molar-refractivity contribution in [1.29, 1.82) is 0 Å². The van der Waals surface area contributed by atoms with Crippen molar-refractivity contribution >= 4 is 146 Å². The number of aromatic nitrogens is 3. The van der Waals surface area contributed by atoms with Crippen LogP contribution < -0.4 is 47.3 Å². The summed E-state index contributed by atoms with van der Waals surface area (Å²) in [6, 6.07) is 60.3. The molecule has 0 N–H and O–H groups in total. The molecule has 3 aromatic heterocycles. The third kappa shape index (κ3) is 8.64. The Morgan fingerprint density at radius 2 is 0.868 bits per heavy atom. The summed E-state index contributed by atoms with van der Waals surface area (Å²) in [5, 5.41) is 1.07. The zero-order valence-electron chi connectivity index (χ0n) is 76.5. The first-order valence-electron chi connectivity index (χ1n) is 44.8. The third-order valence-electron chi connectivity index (χ3n) is 22.2. The van der Waals surface area contributed by atoms with Crippen LogP contribution in [0.3, 0.4) is 0 Å². The largest absolute Gasteiger partial charge is 0.456 e. The molecule has 0 unspecified atom stereocenters. The van der Waals surface area contributed by atoms with Crippen LogP contribution >= 0.6 is 0 Å². The first kappa shape index (κ1) is 45.4. The van der Waals surface area contributed by atoms with E-state index in [-0.39, 0.29) is 72.0 Å². The van der Waals surface area contributed by atoms with Crippen molar-refractivity contribution < 1.29 is 29.4 Å². The van der Waals surface area contributed by atoms with E-state index < -0.39 is 133 Å². The van der Waals surface area contributed by atoms with Gasteiger partial charge in [0, 0.05) is 83.1 Å². The van der Waals surface area contributed by atoms with Gasteiger partial charge in [0.1, 0.15) is 11.5 Å². The third-order valence-corrected chi connectivity index (χ3v) is 22.2. The van der Waals surface area contributed by atoms with Gasteiger partial charge in [-0.1, -0.05) is 266 Å². The van der Waals surface area contributed by atoms with Gasteiger partial charge in [-0.05, 0) is 174 Å². The summed E-state index contributed by atoms with van der Waals surface area (Å²) in [4.78, 5) is 4.26. The molecule has 15 aromatic carbocycles. The highest BCUT2D eigenvalue weighted by molar-refractivity contribution is 7.02. The van der Waals surface area contributed by atoms with E-state index >= 15 is 0 Å². The molecule has 8 heteroatoms. The molecule has 0 bridgehead atoms. The van der Waals surface area contributed by atoms with Gasteiger partial charge in [0.25, 0.3) is 13.4 Å². The van der Waals surface area contributed by atoms with Crippen LogP contribution in [0, 0.1) is 0 Å². The summed E-state index contributed by atoms with van der Waals surface area (Å²) >= 11 is 0. The van der Waals surface area contributed by atoms with Gasteiger partial charge in [0.05, 0.1) is 69.3 Å². The van der Waals surface area contributed by atoms with Crippen LogP contribution in [0.4, 0.5) is 34.1 Å². The fourth-order valence-electron chi connectivity index (χ4n) is 17.4. The molecule has 0 saturated carbocycles. The quantitative estimate of drug-likeness (QED) is 0.149. The number of rotatable bonds is 7. The first-order valence-corrected chi connectivity index (χ1v) is 35.8. The van der Waals surface area contributed by atoms with Gasteiger partial charge >= 0.3 is 0 Å². The number of ether oxygens (including phenoxy) is 1. The van der Waals surface area contributed by atoms with E-state index in [0.717, 1.165) is 60.9 Å². The lowest BCUT2D eigenvalue weighted by Crippen LogP contribution is -2.64. The predicted octanol–water partition coefficient (Wildman–Crippen LogP) is 21.6. The molecule has 22 rings (SSSR count). The number of fused-ring (bicyclic) bond motifs is 18. The second-order valence-corrected chi connectivity index (χ2v) is 30.1. The van der Waals surface area contributed by atoms with Gasteiger partial charge in [-0.2, -0.15) is 0 Å². The zero-order valence-corrected chi connectivity index (χ0v) is 58.5. The van der Waals surface area contributed by atoms with Gasteiger partial charge in [-0.3, -0.25) is 0 Å². The Balaban J connectivity index is 1.00. The number of benzene rings is 15. The van der Waals surface area contributed by atoms with Crippen molar-refractivity contribution in [2.24, 2.45) is 0 Å². The molecule has 4 aliphatic rings. The average molecular weight is 1370 g/mol. The van der Waals surface area contributed by atoms with E-state index in [4.69, 9.17) is 4.74 Å². The molecule has 0 aliphatic carbocycles. The van der Waals surface area contributed by atoms with E-state index in [0.29, 0.717) is 72.9 Å². The summed E-state index contributed by atoms with van der Waals surface area (Å²) < 4.78 is 194. The number of hydrogen-bond donors (Lipinski definition) is 0. The maximum absolute atomic E-state index is 11.9. The molecule has 4 aliphatic heterocycles. The lowest BCUT2D eigenvalue weighted by molar-refractivity contribution is 0.489. The number of anilines is 6. The van der Waals surface area contributed by atoms with Crippen molar-refractivity contribution in [2.45, 2.75) is 52.4 Å². The Morgan fingerprint density at radius 1 is 0.330 bits per heavy atom. The first-order chi connectivity index (χ1) is 59.4. The van der Waals surface area contributed by atoms with E-state index in [1.165, 1.54) is 4.57 Å². The van der Waals surface area contributed by atoms with E-state index in [1.807, 2.05) is 157 Å². The van der Waals surface area contributed by atoms with Crippen LogP contribution in [-0.2, 0) is 10.8 Å². The minimum atomic E-state index is -1.33. The smallest absolute Gasteiger partial charge is 0.256 e. The highest BCUT2D eigenvalue weighted by Crippen LogP contribution is 2.56. The predicted molar refractivity (Wildman–Crippen MR) is 448 cm³/mol. The van der Waals surface area contributed by atoms with Gasteiger partial charge in [0.15, 0.2) is 0 Å². The molecular formula is C98H71B2N5O. The number of nitrogens with zero attached hydrogens (tertiary/aromatic N) is 5. The van der Waals surface area contributed by atoms with Crippen molar-refractivity contribution in [3.05, 3.63) is 332 Å². The Morgan fingerprint density at radius 3 is 1.52 bits per heavy atom. The fraction of sp³-hybridized carbons (Fsp3) is 0.0816. The summed E-state index contributed by atoms with van der Waals surface area (Å²) in [6.07, 6.45) is 0. The van der Waals surface area contributed by atoms with E-state index in [1.54, 1.807) is 4.57 Å². The Labute approximate surface area is 642 Å². The highest BCUT2D eigenvalue weighted by atomic mass is 16.5. The summed E-state index contributed by atoms with van der Waals surface area (Å²) in [7, 11) is 0. The second-order valence-electron chi connectivity index (χ2n) is 30.1. The van der Waals surface area contributed by atoms with Crippen LogP contribution in [-0.4, -0.2) is 27.1 Å². The highest BCUT2D eigenvalue weighted by Gasteiger charge is 2.51. The number of para-hydroxylation sites is 6. The molecular weight excluding hydrogens is 1280 g/mol. The molecule has 0 fully saturated rings. The molecule has 106 heavy (non-hydrogen) atoms. The van der Waals surface area contributed by atoms with Crippen molar-refractivity contribution in [3.63, 3.8) is 0 Å². The van der Waals surface area contributed by atoms with Crippen LogP contribution in [0.15, 0.2) is 321 Å². The minimum Gasteiger partial charge on any atom is -0.456 e. The van der Waals surface area contributed by atoms with Crippen molar-refractivity contribution in [1.82, 2.24) is 13.7 Å². The maximum atomic E-state index is 11.9. The molecule has 7 heterocycles. The topological polar surface area (TPSA) is 30.5 Å². The van der Waals surface area contributed by atoms with Gasteiger partial charge in [0.2, 0.25) is 0 Å². The minimum absolute atomic E-state index is 0.00410. The van der Waals surface area contributed by atoms with Crippen LogP contribution in [0.2, 0.25) is 0 Å². The molecule has 500 valence electrons. The second kappa shape index (κ2) is 22.4. The summed E-state index contributed by atoms with van der Waals surface area (Å²) in [5.41, 5.74) is 11.6. The normalized spacial score (nSPS) is 15.8. The summed E-state index contributed by atoms with van der Waals surface area (Å²) in [5.74, 6) is 0.559. The van der Waals surface area contributed by atoms with Crippen LogP contribution in [0.5, 0.6) is 11.5 Å². The molecule has 0 spiro atoms. The van der Waals surface area contributed by atoms with Gasteiger partial charge in [-0.15, -0.1) is 0 Å². The summed E-state index contributed by atoms with van der Waals surface area (Å²) in [6.45, 7) is 10.4. The maximum Gasteiger partial charge on any atom is 0.256 e. The molecule has 0 saturated heterocycles. The van der Waals surface area contributed by atoms with Crippen LogP contribution in [0.1, 0.15) is 77.3 Å². The van der Waals surface area contributed by atoms with Crippen molar-refractivity contribution in [3.8, 4) is 61.9 Å². The zero-order chi connectivity index (χ0) is 86.3. The molecule has 0 radical (unpaired) electrons. The molecule has 6 nitrogen and oxygen atoms in total.